The number of hydrogen-bond acceptors (Lipinski definition) is 2. The number of aromatic hydroxyl groups is 1. The third-order valence-electron chi connectivity index (χ3n) is 2.65. The van der Waals surface area contributed by atoms with Crippen LogP contribution in [0.1, 0.15) is 31.2 Å². The average molecular weight is 178 g/mol. The van der Waals surface area contributed by atoms with E-state index in [1.54, 1.807) is 6.07 Å². The van der Waals surface area contributed by atoms with E-state index in [4.69, 9.17) is 4.74 Å². The van der Waals surface area contributed by atoms with Crippen molar-refractivity contribution in [1.82, 2.24) is 0 Å². The van der Waals surface area contributed by atoms with Crippen LogP contribution < -0.4 is 4.74 Å². The van der Waals surface area contributed by atoms with Crippen molar-refractivity contribution in [2.24, 2.45) is 0 Å². The number of fused-ring (bicyclic) bond motifs is 1. The van der Waals surface area contributed by atoms with Crippen molar-refractivity contribution in [2.45, 2.75) is 25.7 Å². The van der Waals surface area contributed by atoms with Gasteiger partial charge in [-0.2, -0.15) is 0 Å². The molecule has 1 aromatic carbocycles. The molecule has 0 radical (unpaired) electrons. The summed E-state index contributed by atoms with van der Waals surface area (Å²) in [5.74, 6) is 1.83. The highest BCUT2D eigenvalue weighted by atomic mass is 16.5. The summed E-state index contributed by atoms with van der Waals surface area (Å²) in [4.78, 5) is 0. The fourth-order valence-electron chi connectivity index (χ4n) is 1.88. The van der Waals surface area contributed by atoms with E-state index in [0.717, 1.165) is 30.8 Å². The van der Waals surface area contributed by atoms with Crippen LogP contribution in [0.4, 0.5) is 0 Å². The summed E-state index contributed by atoms with van der Waals surface area (Å²) in [5, 5.41) is 9.35. The third-order valence-corrected chi connectivity index (χ3v) is 2.65. The highest BCUT2D eigenvalue weighted by molar-refractivity contribution is 5.42. The minimum Gasteiger partial charge on any atom is -0.508 e. The van der Waals surface area contributed by atoms with Gasteiger partial charge in [0.1, 0.15) is 11.5 Å². The van der Waals surface area contributed by atoms with Crippen molar-refractivity contribution >= 4 is 0 Å². The van der Waals surface area contributed by atoms with Gasteiger partial charge in [0.05, 0.1) is 6.61 Å². The lowest BCUT2D eigenvalue weighted by atomic mass is 9.91. The summed E-state index contributed by atoms with van der Waals surface area (Å²) in [6.07, 6.45) is 2.17. The molecule has 1 unspecified atom stereocenters. The Balaban J connectivity index is 2.41. The Morgan fingerprint density at radius 1 is 1.54 bits per heavy atom. The standard InChI is InChI=1S/C11H14O2/c1-2-8-5-6-13-11-4-3-9(12)7-10(8)11/h3-4,7-8,12H,2,5-6H2,1H3. The third kappa shape index (κ3) is 1.48. The van der Waals surface area contributed by atoms with Gasteiger partial charge in [0.2, 0.25) is 0 Å². The smallest absolute Gasteiger partial charge is 0.123 e. The summed E-state index contributed by atoms with van der Waals surface area (Å²) in [7, 11) is 0. The zero-order valence-electron chi connectivity index (χ0n) is 7.79. The van der Waals surface area contributed by atoms with Gasteiger partial charge in [0.15, 0.2) is 0 Å². The second-order valence-electron chi connectivity index (χ2n) is 3.46. The maximum absolute atomic E-state index is 9.35. The first-order valence-corrected chi connectivity index (χ1v) is 4.77. The van der Waals surface area contributed by atoms with Crippen LogP contribution in [0.3, 0.4) is 0 Å². The van der Waals surface area contributed by atoms with Crippen LogP contribution in [0, 0.1) is 0 Å². The molecule has 0 saturated carbocycles. The van der Waals surface area contributed by atoms with E-state index >= 15 is 0 Å². The van der Waals surface area contributed by atoms with Gasteiger partial charge in [0.25, 0.3) is 0 Å². The van der Waals surface area contributed by atoms with Gasteiger partial charge in [0, 0.05) is 5.56 Å². The number of phenols is 1. The monoisotopic (exact) mass is 178 g/mol. The lowest BCUT2D eigenvalue weighted by molar-refractivity contribution is 0.264. The number of ether oxygens (including phenoxy) is 1. The topological polar surface area (TPSA) is 29.5 Å². The Labute approximate surface area is 78.2 Å². The first kappa shape index (κ1) is 8.42. The molecule has 1 aliphatic heterocycles. The molecule has 13 heavy (non-hydrogen) atoms. The van der Waals surface area contributed by atoms with Gasteiger partial charge in [-0.05, 0) is 37.0 Å². The van der Waals surface area contributed by atoms with E-state index in [1.807, 2.05) is 12.1 Å². The summed E-state index contributed by atoms with van der Waals surface area (Å²) in [6, 6.07) is 5.35. The molecule has 0 saturated heterocycles. The van der Waals surface area contributed by atoms with Crippen LogP contribution in [0.5, 0.6) is 11.5 Å². The average Bonchev–Trinajstić information content (AvgIpc) is 2.17. The molecule has 0 amide bonds. The SMILES string of the molecule is CCC1CCOc2ccc(O)cc21. The minimum atomic E-state index is 0.336. The molecule has 2 rings (SSSR count). The Hall–Kier alpha value is -1.18. The predicted molar refractivity (Wildman–Crippen MR) is 51.3 cm³/mol. The van der Waals surface area contributed by atoms with E-state index in [0.29, 0.717) is 11.7 Å². The van der Waals surface area contributed by atoms with Gasteiger partial charge in [-0.15, -0.1) is 0 Å². The van der Waals surface area contributed by atoms with Gasteiger partial charge < -0.3 is 9.84 Å². The van der Waals surface area contributed by atoms with Crippen molar-refractivity contribution in [2.75, 3.05) is 6.61 Å². The number of rotatable bonds is 1. The molecule has 2 nitrogen and oxygen atoms in total. The van der Waals surface area contributed by atoms with E-state index in [1.165, 1.54) is 0 Å². The molecule has 1 aliphatic rings. The lowest BCUT2D eigenvalue weighted by Gasteiger charge is -2.24. The highest BCUT2D eigenvalue weighted by Crippen LogP contribution is 2.37. The molecule has 0 spiro atoms. The molecular weight excluding hydrogens is 164 g/mol. The van der Waals surface area contributed by atoms with E-state index in [-0.39, 0.29) is 0 Å². The first-order valence-electron chi connectivity index (χ1n) is 4.77. The largest absolute Gasteiger partial charge is 0.508 e. The Morgan fingerprint density at radius 2 is 2.38 bits per heavy atom. The number of hydrogen-bond donors (Lipinski definition) is 1. The maximum Gasteiger partial charge on any atom is 0.123 e. The molecule has 70 valence electrons. The van der Waals surface area contributed by atoms with Crippen LogP contribution in [0.25, 0.3) is 0 Å². The van der Waals surface area contributed by atoms with E-state index in [9.17, 15) is 5.11 Å². The van der Waals surface area contributed by atoms with Crippen LogP contribution >= 0.6 is 0 Å². The molecular formula is C11H14O2. The normalized spacial score (nSPS) is 20.5. The lowest BCUT2D eigenvalue weighted by Crippen LogP contribution is -2.13. The molecule has 1 atom stereocenters. The fraction of sp³-hybridized carbons (Fsp3) is 0.455. The van der Waals surface area contributed by atoms with Crippen LogP contribution in [-0.4, -0.2) is 11.7 Å². The highest BCUT2D eigenvalue weighted by Gasteiger charge is 2.19. The van der Waals surface area contributed by atoms with Crippen molar-refractivity contribution in [3.8, 4) is 11.5 Å². The van der Waals surface area contributed by atoms with Gasteiger partial charge in [-0.25, -0.2) is 0 Å². The first-order chi connectivity index (χ1) is 6.31. The maximum atomic E-state index is 9.35. The zero-order chi connectivity index (χ0) is 9.26. The van der Waals surface area contributed by atoms with E-state index < -0.39 is 0 Å². The second-order valence-corrected chi connectivity index (χ2v) is 3.46. The molecule has 0 aromatic heterocycles. The zero-order valence-corrected chi connectivity index (χ0v) is 7.79. The quantitative estimate of drug-likeness (QED) is 0.716. The predicted octanol–water partition coefficient (Wildman–Crippen LogP) is 2.67. The second kappa shape index (κ2) is 3.29. The number of phenolic OH excluding ortho intramolecular Hbond substituents is 1. The molecule has 1 heterocycles. The Bertz CT molecular complexity index is 307. The Morgan fingerprint density at radius 3 is 3.15 bits per heavy atom. The van der Waals surface area contributed by atoms with Crippen LogP contribution in [-0.2, 0) is 0 Å². The van der Waals surface area contributed by atoms with Gasteiger partial charge in [-0.1, -0.05) is 6.92 Å². The minimum absolute atomic E-state index is 0.336. The molecule has 1 N–H and O–H groups in total. The number of benzene rings is 1. The fourth-order valence-corrected chi connectivity index (χ4v) is 1.88. The summed E-state index contributed by atoms with van der Waals surface area (Å²) in [6.45, 7) is 2.97. The van der Waals surface area contributed by atoms with Crippen molar-refractivity contribution in [3.63, 3.8) is 0 Å². The van der Waals surface area contributed by atoms with Gasteiger partial charge in [-0.3, -0.25) is 0 Å². The van der Waals surface area contributed by atoms with Crippen LogP contribution in [0.2, 0.25) is 0 Å². The van der Waals surface area contributed by atoms with Crippen molar-refractivity contribution in [1.29, 1.82) is 0 Å². The molecule has 0 fully saturated rings. The summed E-state index contributed by atoms with van der Waals surface area (Å²) in [5.41, 5.74) is 1.16. The van der Waals surface area contributed by atoms with Crippen LogP contribution in [0.15, 0.2) is 18.2 Å². The van der Waals surface area contributed by atoms with Crippen molar-refractivity contribution in [3.05, 3.63) is 23.8 Å². The molecule has 2 heteroatoms. The molecule has 0 aliphatic carbocycles. The summed E-state index contributed by atoms with van der Waals surface area (Å²) < 4.78 is 5.50. The Kier molecular flexibility index (Phi) is 2.13. The summed E-state index contributed by atoms with van der Waals surface area (Å²) >= 11 is 0. The molecule has 1 aromatic rings. The van der Waals surface area contributed by atoms with Crippen molar-refractivity contribution < 1.29 is 9.84 Å². The van der Waals surface area contributed by atoms with E-state index in [2.05, 4.69) is 6.92 Å². The molecule has 0 bridgehead atoms. The van der Waals surface area contributed by atoms with Gasteiger partial charge >= 0.3 is 0 Å².